The molecule has 1 aliphatic rings. The van der Waals surface area contributed by atoms with E-state index in [4.69, 9.17) is 9.47 Å². The first-order valence-corrected chi connectivity index (χ1v) is 6.58. The van der Waals surface area contributed by atoms with Gasteiger partial charge >= 0.3 is 0 Å². The summed E-state index contributed by atoms with van der Waals surface area (Å²) in [6, 6.07) is 14.9. The van der Waals surface area contributed by atoms with Gasteiger partial charge in [0.1, 0.15) is 0 Å². The Kier molecular flexibility index (Phi) is 3.82. The predicted molar refractivity (Wildman–Crippen MR) is 78.7 cm³/mol. The number of carbonyl (C=O) groups excluding carboxylic acids is 1. The molecule has 0 spiro atoms. The van der Waals surface area contributed by atoms with Crippen LogP contribution in [0.2, 0.25) is 0 Å². The van der Waals surface area contributed by atoms with Crippen molar-refractivity contribution < 1.29 is 14.3 Å². The SMILES string of the molecule is O=C(NN=CCc1ccccc1)c1ccc2c(c1)OCO2. The van der Waals surface area contributed by atoms with Gasteiger partial charge in [0.05, 0.1) is 0 Å². The van der Waals surface area contributed by atoms with Gasteiger partial charge in [0.15, 0.2) is 11.5 Å². The molecule has 106 valence electrons. The lowest BCUT2D eigenvalue weighted by Crippen LogP contribution is -2.17. The molecule has 5 nitrogen and oxygen atoms in total. The van der Waals surface area contributed by atoms with E-state index in [2.05, 4.69) is 10.5 Å². The Labute approximate surface area is 122 Å². The van der Waals surface area contributed by atoms with E-state index in [0.717, 1.165) is 5.56 Å². The number of amides is 1. The van der Waals surface area contributed by atoms with Crippen LogP contribution in [0.25, 0.3) is 0 Å². The third-order valence-electron chi connectivity index (χ3n) is 3.06. The second-order valence-electron chi connectivity index (χ2n) is 4.51. The van der Waals surface area contributed by atoms with Gasteiger partial charge in [-0.2, -0.15) is 5.10 Å². The molecule has 1 amide bonds. The smallest absolute Gasteiger partial charge is 0.271 e. The Balaban J connectivity index is 1.57. The first-order valence-electron chi connectivity index (χ1n) is 6.58. The molecule has 0 fully saturated rings. The van der Waals surface area contributed by atoms with Crippen molar-refractivity contribution in [3.63, 3.8) is 0 Å². The molecule has 1 aliphatic heterocycles. The van der Waals surface area contributed by atoms with Crippen LogP contribution in [0.5, 0.6) is 11.5 Å². The standard InChI is InChI=1S/C16H14N2O3/c19-16(13-6-7-14-15(10-13)21-11-20-14)18-17-9-8-12-4-2-1-3-5-12/h1-7,9-10H,8,11H2,(H,18,19). The van der Waals surface area contributed by atoms with E-state index in [0.29, 0.717) is 23.5 Å². The number of fused-ring (bicyclic) bond motifs is 1. The molecule has 1 heterocycles. The first-order chi connectivity index (χ1) is 10.3. The number of hydrazone groups is 1. The average molecular weight is 282 g/mol. The summed E-state index contributed by atoms with van der Waals surface area (Å²) in [5, 5.41) is 3.94. The van der Waals surface area contributed by atoms with Crippen molar-refractivity contribution in [3.05, 3.63) is 59.7 Å². The normalized spacial score (nSPS) is 12.6. The average Bonchev–Trinajstić information content (AvgIpc) is 3.00. The summed E-state index contributed by atoms with van der Waals surface area (Å²) in [5.41, 5.74) is 4.11. The minimum absolute atomic E-state index is 0.190. The number of carbonyl (C=O) groups is 1. The zero-order valence-corrected chi connectivity index (χ0v) is 11.3. The summed E-state index contributed by atoms with van der Waals surface area (Å²) in [6.07, 6.45) is 2.34. The fraction of sp³-hybridized carbons (Fsp3) is 0.125. The quantitative estimate of drug-likeness (QED) is 0.692. The van der Waals surface area contributed by atoms with E-state index in [1.165, 1.54) is 0 Å². The maximum Gasteiger partial charge on any atom is 0.271 e. The number of benzene rings is 2. The van der Waals surface area contributed by atoms with Crippen molar-refractivity contribution in [2.24, 2.45) is 5.10 Å². The van der Waals surface area contributed by atoms with Crippen LogP contribution < -0.4 is 14.9 Å². The van der Waals surface area contributed by atoms with Crippen molar-refractivity contribution in [1.29, 1.82) is 0 Å². The van der Waals surface area contributed by atoms with Crippen LogP contribution in [0.3, 0.4) is 0 Å². The van der Waals surface area contributed by atoms with Gasteiger partial charge in [-0.1, -0.05) is 30.3 Å². The molecular weight excluding hydrogens is 268 g/mol. The third-order valence-corrected chi connectivity index (χ3v) is 3.06. The fourth-order valence-corrected chi connectivity index (χ4v) is 1.97. The molecule has 21 heavy (non-hydrogen) atoms. The largest absolute Gasteiger partial charge is 0.454 e. The van der Waals surface area contributed by atoms with Crippen LogP contribution in [-0.4, -0.2) is 18.9 Å². The summed E-state index contributed by atoms with van der Waals surface area (Å²) in [6.45, 7) is 0.190. The van der Waals surface area contributed by atoms with E-state index >= 15 is 0 Å². The molecular formula is C16H14N2O3. The molecule has 0 bridgehead atoms. The number of ether oxygens (including phenoxy) is 2. The monoisotopic (exact) mass is 282 g/mol. The fourth-order valence-electron chi connectivity index (χ4n) is 1.97. The van der Waals surface area contributed by atoms with Gasteiger partial charge < -0.3 is 9.47 Å². The second-order valence-corrected chi connectivity index (χ2v) is 4.51. The molecule has 0 radical (unpaired) electrons. The molecule has 0 saturated carbocycles. The van der Waals surface area contributed by atoms with Crippen molar-refractivity contribution in [2.45, 2.75) is 6.42 Å². The number of nitrogens with zero attached hydrogens (tertiary/aromatic N) is 1. The number of hydrogen-bond acceptors (Lipinski definition) is 4. The number of rotatable bonds is 4. The number of nitrogens with one attached hydrogen (secondary N) is 1. The van der Waals surface area contributed by atoms with Gasteiger partial charge in [-0.15, -0.1) is 0 Å². The van der Waals surface area contributed by atoms with Crippen LogP contribution in [-0.2, 0) is 6.42 Å². The van der Waals surface area contributed by atoms with Crippen molar-refractivity contribution >= 4 is 12.1 Å². The Bertz CT molecular complexity index is 668. The van der Waals surface area contributed by atoms with Gasteiger partial charge in [0, 0.05) is 18.2 Å². The van der Waals surface area contributed by atoms with Gasteiger partial charge in [-0.05, 0) is 23.8 Å². The zero-order valence-electron chi connectivity index (χ0n) is 11.3. The predicted octanol–water partition coefficient (Wildman–Crippen LogP) is 2.37. The zero-order chi connectivity index (χ0) is 14.5. The van der Waals surface area contributed by atoms with E-state index in [1.807, 2.05) is 30.3 Å². The first kappa shape index (κ1) is 13.2. The van der Waals surface area contributed by atoms with Crippen LogP contribution in [0.15, 0.2) is 53.6 Å². The lowest BCUT2D eigenvalue weighted by molar-refractivity contribution is 0.0954. The molecule has 5 heteroatoms. The van der Waals surface area contributed by atoms with Gasteiger partial charge in [-0.25, -0.2) is 5.43 Å². The lowest BCUT2D eigenvalue weighted by Gasteiger charge is -2.01. The summed E-state index contributed by atoms with van der Waals surface area (Å²) < 4.78 is 10.4. The van der Waals surface area contributed by atoms with Gasteiger partial charge in [0.25, 0.3) is 5.91 Å². The molecule has 3 rings (SSSR count). The van der Waals surface area contributed by atoms with Crippen LogP contribution in [0.1, 0.15) is 15.9 Å². The van der Waals surface area contributed by atoms with Crippen molar-refractivity contribution in [1.82, 2.24) is 5.43 Å². The highest BCUT2D eigenvalue weighted by Crippen LogP contribution is 2.32. The molecule has 1 N–H and O–H groups in total. The van der Waals surface area contributed by atoms with E-state index < -0.39 is 0 Å². The Hall–Kier alpha value is -2.82. The maximum atomic E-state index is 11.9. The van der Waals surface area contributed by atoms with Crippen molar-refractivity contribution in [3.8, 4) is 11.5 Å². The topological polar surface area (TPSA) is 59.9 Å². The maximum absolute atomic E-state index is 11.9. The summed E-state index contributed by atoms with van der Waals surface area (Å²) in [4.78, 5) is 11.9. The molecule has 2 aromatic rings. The highest BCUT2D eigenvalue weighted by atomic mass is 16.7. The van der Waals surface area contributed by atoms with Gasteiger partial charge in [-0.3, -0.25) is 4.79 Å². The van der Waals surface area contributed by atoms with E-state index in [-0.39, 0.29) is 12.7 Å². The van der Waals surface area contributed by atoms with Gasteiger partial charge in [0.2, 0.25) is 6.79 Å². The van der Waals surface area contributed by atoms with Crippen LogP contribution >= 0.6 is 0 Å². The molecule has 0 saturated heterocycles. The van der Waals surface area contributed by atoms with Crippen LogP contribution in [0.4, 0.5) is 0 Å². The van der Waals surface area contributed by atoms with Crippen molar-refractivity contribution in [2.75, 3.05) is 6.79 Å². The molecule has 0 unspecified atom stereocenters. The van der Waals surface area contributed by atoms with E-state index in [9.17, 15) is 4.79 Å². The lowest BCUT2D eigenvalue weighted by atomic mass is 10.2. The Morgan fingerprint density at radius 3 is 2.81 bits per heavy atom. The third kappa shape index (κ3) is 3.20. The Morgan fingerprint density at radius 2 is 1.95 bits per heavy atom. The second kappa shape index (κ2) is 6.09. The van der Waals surface area contributed by atoms with E-state index in [1.54, 1.807) is 24.4 Å². The minimum Gasteiger partial charge on any atom is -0.454 e. The van der Waals surface area contributed by atoms with Crippen LogP contribution in [0, 0.1) is 0 Å². The molecule has 0 aromatic heterocycles. The molecule has 0 aliphatic carbocycles. The number of hydrogen-bond donors (Lipinski definition) is 1. The highest BCUT2D eigenvalue weighted by molar-refractivity contribution is 5.95. The highest BCUT2D eigenvalue weighted by Gasteiger charge is 2.15. The minimum atomic E-state index is -0.280. The summed E-state index contributed by atoms with van der Waals surface area (Å²) in [7, 11) is 0. The molecule has 2 aromatic carbocycles. The summed E-state index contributed by atoms with van der Waals surface area (Å²) in [5.74, 6) is 0.952. The Morgan fingerprint density at radius 1 is 1.14 bits per heavy atom. The molecule has 0 atom stereocenters. The summed E-state index contributed by atoms with van der Waals surface area (Å²) >= 11 is 0.